The van der Waals surface area contributed by atoms with Crippen LogP contribution in [-0.2, 0) is 6.54 Å². The summed E-state index contributed by atoms with van der Waals surface area (Å²) in [5, 5.41) is 4.53. The average Bonchev–Trinajstić information content (AvgIpc) is 3.28. The highest BCUT2D eigenvalue weighted by Crippen LogP contribution is 2.38. The highest BCUT2D eigenvalue weighted by molar-refractivity contribution is 5.65. The number of oxazole rings is 1. The van der Waals surface area contributed by atoms with Gasteiger partial charge in [-0.3, -0.25) is 0 Å². The summed E-state index contributed by atoms with van der Waals surface area (Å²) in [5.74, 6) is 4.13. The van der Waals surface area contributed by atoms with Crippen molar-refractivity contribution in [2.24, 2.45) is 0 Å². The first-order chi connectivity index (χ1) is 12.2. The molecule has 3 aromatic rings. The van der Waals surface area contributed by atoms with E-state index in [1.807, 2.05) is 29.8 Å². The smallest absolute Gasteiger partial charge is 0.230 e. The molecule has 2 heterocycles. The normalized spacial score (nSPS) is 13.9. The minimum absolute atomic E-state index is 0.505. The summed E-state index contributed by atoms with van der Waals surface area (Å²) in [6.45, 7) is 2.43. The van der Waals surface area contributed by atoms with Crippen LogP contribution in [0.25, 0.3) is 11.5 Å². The molecule has 0 amide bonds. The fourth-order valence-electron chi connectivity index (χ4n) is 2.74. The number of hydrogen-bond acceptors (Lipinski definition) is 6. The quantitative estimate of drug-likeness (QED) is 0.686. The Bertz CT molecular complexity index is 896. The van der Waals surface area contributed by atoms with Crippen molar-refractivity contribution in [1.82, 2.24) is 19.7 Å². The zero-order valence-electron chi connectivity index (χ0n) is 14.5. The SMILES string of the molecule is COc1ccc(OC)c(-c2nc(Cn3cnc(C4CC4)n3)c(C)o2)c1. The van der Waals surface area contributed by atoms with Crippen LogP contribution in [0.2, 0.25) is 0 Å². The van der Waals surface area contributed by atoms with Crippen molar-refractivity contribution in [3.8, 4) is 23.0 Å². The van der Waals surface area contributed by atoms with E-state index in [-0.39, 0.29) is 0 Å². The standard InChI is InChI=1S/C18H20N4O3/c1-11-15(9-22-10-19-17(21-22)12-4-5-12)20-18(25-11)14-8-13(23-2)6-7-16(14)24-3/h6-8,10,12H,4-5,9H2,1-3H3. The van der Waals surface area contributed by atoms with Crippen LogP contribution >= 0.6 is 0 Å². The van der Waals surface area contributed by atoms with Crippen LogP contribution in [-0.4, -0.2) is 34.0 Å². The molecular weight excluding hydrogens is 320 g/mol. The lowest BCUT2D eigenvalue weighted by atomic mass is 10.2. The Kier molecular flexibility index (Phi) is 3.91. The molecule has 1 aromatic carbocycles. The van der Waals surface area contributed by atoms with Gasteiger partial charge in [0.2, 0.25) is 5.89 Å². The number of ether oxygens (including phenoxy) is 2. The zero-order valence-corrected chi connectivity index (χ0v) is 14.5. The summed E-state index contributed by atoms with van der Waals surface area (Å²) in [4.78, 5) is 9.01. The van der Waals surface area contributed by atoms with Gasteiger partial charge >= 0.3 is 0 Å². The molecule has 0 radical (unpaired) electrons. The molecule has 0 saturated heterocycles. The Balaban J connectivity index is 1.63. The molecule has 0 unspecified atom stereocenters. The second kappa shape index (κ2) is 6.23. The molecule has 7 heteroatoms. The molecule has 0 spiro atoms. The van der Waals surface area contributed by atoms with Crippen LogP contribution in [0.1, 0.15) is 36.0 Å². The minimum atomic E-state index is 0.505. The monoisotopic (exact) mass is 340 g/mol. The number of aryl methyl sites for hydroxylation is 1. The summed E-state index contributed by atoms with van der Waals surface area (Å²) >= 11 is 0. The van der Waals surface area contributed by atoms with E-state index >= 15 is 0 Å². The fraction of sp³-hybridized carbons (Fsp3) is 0.389. The van der Waals surface area contributed by atoms with E-state index in [0.29, 0.717) is 24.1 Å². The molecule has 7 nitrogen and oxygen atoms in total. The molecule has 0 N–H and O–H groups in total. The highest BCUT2D eigenvalue weighted by atomic mass is 16.5. The van der Waals surface area contributed by atoms with Gasteiger partial charge in [-0.1, -0.05) is 0 Å². The predicted molar refractivity (Wildman–Crippen MR) is 90.9 cm³/mol. The molecule has 0 aliphatic heterocycles. The Morgan fingerprint density at radius 2 is 2.08 bits per heavy atom. The Hall–Kier alpha value is -2.83. The van der Waals surface area contributed by atoms with Crippen molar-refractivity contribution in [2.75, 3.05) is 14.2 Å². The molecule has 0 bridgehead atoms. The third-order valence-corrected chi connectivity index (χ3v) is 4.34. The van der Waals surface area contributed by atoms with Gasteiger partial charge in [-0.2, -0.15) is 5.10 Å². The van der Waals surface area contributed by atoms with Crippen LogP contribution in [0.4, 0.5) is 0 Å². The molecule has 2 aromatic heterocycles. The van der Waals surface area contributed by atoms with Crippen LogP contribution in [0, 0.1) is 6.92 Å². The number of hydrogen-bond donors (Lipinski definition) is 0. The average molecular weight is 340 g/mol. The van der Waals surface area contributed by atoms with Crippen molar-refractivity contribution >= 4 is 0 Å². The van der Waals surface area contributed by atoms with E-state index in [1.165, 1.54) is 12.8 Å². The van der Waals surface area contributed by atoms with Gasteiger partial charge in [-0.05, 0) is 38.0 Å². The Labute approximate surface area is 145 Å². The zero-order chi connectivity index (χ0) is 17.4. The first-order valence-corrected chi connectivity index (χ1v) is 8.26. The molecule has 1 aliphatic rings. The van der Waals surface area contributed by atoms with Crippen molar-refractivity contribution in [3.63, 3.8) is 0 Å². The van der Waals surface area contributed by atoms with Gasteiger partial charge in [-0.25, -0.2) is 14.6 Å². The van der Waals surface area contributed by atoms with Gasteiger partial charge in [0.25, 0.3) is 0 Å². The summed E-state index contributed by atoms with van der Waals surface area (Å²) in [7, 11) is 3.25. The molecule has 130 valence electrons. The largest absolute Gasteiger partial charge is 0.497 e. The van der Waals surface area contributed by atoms with Crippen LogP contribution < -0.4 is 9.47 Å². The highest BCUT2D eigenvalue weighted by Gasteiger charge is 2.27. The second-order valence-corrected chi connectivity index (χ2v) is 6.16. The van der Waals surface area contributed by atoms with Gasteiger partial charge in [0.15, 0.2) is 5.82 Å². The molecule has 25 heavy (non-hydrogen) atoms. The fourth-order valence-corrected chi connectivity index (χ4v) is 2.74. The summed E-state index contributed by atoms with van der Waals surface area (Å²) < 4.78 is 18.4. The van der Waals surface area contributed by atoms with Gasteiger partial charge in [0.05, 0.1) is 26.3 Å². The molecular formula is C18H20N4O3. The minimum Gasteiger partial charge on any atom is -0.497 e. The lowest BCUT2D eigenvalue weighted by molar-refractivity contribution is 0.402. The lowest BCUT2D eigenvalue weighted by Crippen LogP contribution is -2.02. The topological polar surface area (TPSA) is 75.2 Å². The lowest BCUT2D eigenvalue weighted by Gasteiger charge is -2.07. The first kappa shape index (κ1) is 15.7. The van der Waals surface area contributed by atoms with Crippen LogP contribution in [0.3, 0.4) is 0 Å². The van der Waals surface area contributed by atoms with E-state index in [0.717, 1.165) is 28.6 Å². The van der Waals surface area contributed by atoms with Crippen LogP contribution in [0.15, 0.2) is 28.9 Å². The number of benzene rings is 1. The van der Waals surface area contributed by atoms with Gasteiger partial charge in [0, 0.05) is 5.92 Å². The summed E-state index contributed by atoms with van der Waals surface area (Å²) in [6.07, 6.45) is 4.13. The third-order valence-electron chi connectivity index (χ3n) is 4.34. The molecule has 1 fully saturated rings. The van der Waals surface area contributed by atoms with E-state index < -0.39 is 0 Å². The first-order valence-electron chi connectivity index (χ1n) is 8.26. The van der Waals surface area contributed by atoms with Gasteiger partial charge in [0.1, 0.15) is 29.3 Å². The van der Waals surface area contributed by atoms with Crippen LogP contribution in [0.5, 0.6) is 11.5 Å². The summed E-state index contributed by atoms with van der Waals surface area (Å²) in [5.41, 5.74) is 1.58. The number of aromatic nitrogens is 4. The van der Waals surface area contributed by atoms with E-state index in [9.17, 15) is 0 Å². The van der Waals surface area contributed by atoms with Gasteiger partial charge in [-0.15, -0.1) is 0 Å². The van der Waals surface area contributed by atoms with Crippen molar-refractivity contribution in [2.45, 2.75) is 32.2 Å². The molecule has 4 rings (SSSR count). The Morgan fingerprint density at radius 1 is 1.24 bits per heavy atom. The maximum absolute atomic E-state index is 5.87. The molecule has 0 atom stereocenters. The predicted octanol–water partition coefficient (Wildman–Crippen LogP) is 3.18. The molecule has 1 saturated carbocycles. The van der Waals surface area contributed by atoms with E-state index in [1.54, 1.807) is 20.5 Å². The van der Waals surface area contributed by atoms with Crippen molar-refractivity contribution in [1.29, 1.82) is 0 Å². The summed E-state index contributed by atoms with van der Waals surface area (Å²) in [6, 6.07) is 5.54. The maximum atomic E-state index is 5.87. The third kappa shape index (κ3) is 3.09. The van der Waals surface area contributed by atoms with Crippen molar-refractivity contribution in [3.05, 3.63) is 41.8 Å². The second-order valence-electron chi connectivity index (χ2n) is 6.16. The van der Waals surface area contributed by atoms with E-state index in [4.69, 9.17) is 13.9 Å². The Morgan fingerprint density at radius 3 is 2.80 bits per heavy atom. The van der Waals surface area contributed by atoms with E-state index in [2.05, 4.69) is 15.1 Å². The number of nitrogens with zero attached hydrogens (tertiary/aromatic N) is 4. The molecule has 1 aliphatic carbocycles. The number of methoxy groups -OCH3 is 2. The maximum Gasteiger partial charge on any atom is 0.230 e. The van der Waals surface area contributed by atoms with Crippen molar-refractivity contribution < 1.29 is 13.9 Å². The number of rotatable bonds is 6. The van der Waals surface area contributed by atoms with Gasteiger partial charge < -0.3 is 13.9 Å².